The predicted octanol–water partition coefficient (Wildman–Crippen LogP) is 7.42. The summed E-state index contributed by atoms with van der Waals surface area (Å²) in [6, 6.07) is 19.8. The molecule has 0 atom stereocenters. The van der Waals surface area contributed by atoms with Gasteiger partial charge in [-0.2, -0.15) is 0 Å². The van der Waals surface area contributed by atoms with Gasteiger partial charge >= 0.3 is 0 Å². The van der Waals surface area contributed by atoms with Crippen LogP contribution < -0.4 is 0 Å². The maximum absolute atomic E-state index is 4.79. The molecule has 0 saturated heterocycles. The zero-order valence-electron chi connectivity index (χ0n) is 28.0. The third-order valence-corrected chi connectivity index (χ3v) is 8.94. The van der Waals surface area contributed by atoms with E-state index in [4.69, 9.17) is 15.0 Å². The summed E-state index contributed by atoms with van der Waals surface area (Å²) in [7, 11) is 0. The lowest BCUT2D eigenvalue weighted by atomic mass is 10.1. The fourth-order valence-electron chi connectivity index (χ4n) is 6.55. The van der Waals surface area contributed by atoms with Crippen molar-refractivity contribution in [3.8, 4) is 17.1 Å². The molecule has 0 unspecified atom stereocenters. The van der Waals surface area contributed by atoms with Crippen molar-refractivity contribution < 1.29 is 0 Å². The standard InChI is InChI=1S/C39H45N7/c1-28-7-10-34(31(4)25-28)44-22-16-40-37(44)13-19-43(20-14-38-41-17-23-45(38)35-11-8-29(2)26-32(35)5)21-15-39-42-18-24-46(39)36-12-9-30(3)27-33(36)6/h7-12,16-18,22-27H,13-15,19-21H2,1-6H3. The molecule has 0 radical (unpaired) electrons. The Morgan fingerprint density at radius 1 is 0.457 bits per heavy atom. The number of nitrogens with zero attached hydrogens (tertiary/aromatic N) is 7. The summed E-state index contributed by atoms with van der Waals surface area (Å²) in [5.74, 6) is 3.22. The second-order valence-corrected chi connectivity index (χ2v) is 12.6. The molecule has 3 heterocycles. The highest BCUT2D eigenvalue weighted by molar-refractivity contribution is 5.45. The molecule has 3 aromatic heterocycles. The molecule has 0 aliphatic rings. The van der Waals surface area contributed by atoms with Crippen LogP contribution >= 0.6 is 0 Å². The van der Waals surface area contributed by atoms with Crippen LogP contribution in [0.15, 0.2) is 91.8 Å². The number of imidazole rings is 3. The molecule has 6 aromatic rings. The van der Waals surface area contributed by atoms with Gasteiger partial charge in [-0.05, 0) is 76.4 Å². The number of hydrogen-bond acceptors (Lipinski definition) is 4. The van der Waals surface area contributed by atoms with Crippen LogP contribution in [0.4, 0.5) is 0 Å². The van der Waals surface area contributed by atoms with Crippen LogP contribution in [0.2, 0.25) is 0 Å². The van der Waals surface area contributed by atoms with Crippen molar-refractivity contribution in [3.05, 3.63) is 143 Å². The highest BCUT2D eigenvalue weighted by atomic mass is 15.2. The topological polar surface area (TPSA) is 56.7 Å². The Balaban J connectivity index is 1.22. The van der Waals surface area contributed by atoms with Gasteiger partial charge in [-0.1, -0.05) is 53.1 Å². The maximum Gasteiger partial charge on any atom is 0.114 e. The lowest BCUT2D eigenvalue weighted by Gasteiger charge is -2.23. The molecular formula is C39H45N7. The molecule has 236 valence electrons. The van der Waals surface area contributed by atoms with Gasteiger partial charge in [-0.15, -0.1) is 0 Å². The van der Waals surface area contributed by atoms with Crippen molar-refractivity contribution in [2.45, 2.75) is 60.8 Å². The molecule has 0 aliphatic heterocycles. The van der Waals surface area contributed by atoms with Crippen LogP contribution in [-0.2, 0) is 19.3 Å². The number of hydrogen-bond donors (Lipinski definition) is 0. The summed E-state index contributed by atoms with van der Waals surface area (Å²) < 4.78 is 6.73. The van der Waals surface area contributed by atoms with Crippen molar-refractivity contribution in [1.82, 2.24) is 33.6 Å². The molecule has 0 N–H and O–H groups in total. The van der Waals surface area contributed by atoms with E-state index in [1.165, 1.54) is 50.4 Å². The summed E-state index contributed by atoms with van der Waals surface area (Å²) in [6.07, 6.45) is 14.5. The van der Waals surface area contributed by atoms with E-state index in [1.807, 2.05) is 18.6 Å². The Morgan fingerprint density at radius 3 is 1.04 bits per heavy atom. The van der Waals surface area contributed by atoms with Crippen LogP contribution in [0.5, 0.6) is 0 Å². The Labute approximate surface area is 273 Å². The zero-order valence-corrected chi connectivity index (χ0v) is 28.0. The summed E-state index contributed by atoms with van der Waals surface area (Å²) in [5.41, 5.74) is 11.2. The van der Waals surface area contributed by atoms with E-state index in [2.05, 4.69) is 133 Å². The minimum Gasteiger partial charge on any atom is -0.303 e. The summed E-state index contributed by atoms with van der Waals surface area (Å²) in [5, 5.41) is 0. The second-order valence-electron chi connectivity index (χ2n) is 12.6. The van der Waals surface area contributed by atoms with Crippen molar-refractivity contribution in [1.29, 1.82) is 0 Å². The monoisotopic (exact) mass is 611 g/mol. The van der Waals surface area contributed by atoms with Gasteiger partial charge in [0.15, 0.2) is 0 Å². The van der Waals surface area contributed by atoms with Gasteiger partial charge in [-0.25, -0.2) is 15.0 Å². The molecule has 3 aromatic carbocycles. The summed E-state index contributed by atoms with van der Waals surface area (Å²) >= 11 is 0. The predicted molar refractivity (Wildman–Crippen MR) is 187 cm³/mol. The fraction of sp³-hybridized carbons (Fsp3) is 0.308. The SMILES string of the molecule is Cc1ccc(-n2ccnc2CCN(CCc2nccn2-c2ccc(C)cc2C)CCc2nccn2-c2ccc(C)cc2C)c(C)c1. The molecule has 0 aliphatic carbocycles. The molecular weight excluding hydrogens is 566 g/mol. The van der Waals surface area contributed by atoms with E-state index < -0.39 is 0 Å². The van der Waals surface area contributed by atoms with E-state index in [0.717, 1.165) is 56.4 Å². The molecule has 46 heavy (non-hydrogen) atoms. The number of aromatic nitrogens is 6. The highest BCUT2D eigenvalue weighted by Gasteiger charge is 2.16. The van der Waals surface area contributed by atoms with Crippen LogP contribution in [0, 0.1) is 41.5 Å². The summed E-state index contributed by atoms with van der Waals surface area (Å²) in [4.78, 5) is 16.9. The van der Waals surface area contributed by atoms with Crippen molar-refractivity contribution >= 4 is 0 Å². The van der Waals surface area contributed by atoms with Crippen LogP contribution in [-0.4, -0.2) is 53.2 Å². The van der Waals surface area contributed by atoms with Crippen molar-refractivity contribution in [2.75, 3.05) is 19.6 Å². The Hall–Kier alpha value is -4.75. The van der Waals surface area contributed by atoms with Crippen molar-refractivity contribution in [2.24, 2.45) is 0 Å². The van der Waals surface area contributed by atoms with Gasteiger partial charge in [0.2, 0.25) is 0 Å². The number of aryl methyl sites for hydroxylation is 6. The average molecular weight is 612 g/mol. The third-order valence-electron chi connectivity index (χ3n) is 8.94. The summed E-state index contributed by atoms with van der Waals surface area (Å²) in [6.45, 7) is 15.6. The number of benzene rings is 3. The van der Waals surface area contributed by atoms with Gasteiger partial charge in [0.05, 0.1) is 0 Å². The lowest BCUT2D eigenvalue weighted by Crippen LogP contribution is -2.32. The molecule has 0 amide bonds. The minimum atomic E-state index is 0.845. The van der Waals surface area contributed by atoms with E-state index in [9.17, 15) is 0 Å². The Kier molecular flexibility index (Phi) is 9.31. The first kappa shape index (κ1) is 31.2. The molecule has 0 fully saturated rings. The van der Waals surface area contributed by atoms with Crippen LogP contribution in [0.3, 0.4) is 0 Å². The minimum absolute atomic E-state index is 0.845. The normalized spacial score (nSPS) is 11.5. The van der Waals surface area contributed by atoms with Gasteiger partial charge in [0, 0.05) is 93.1 Å². The molecule has 0 saturated carbocycles. The van der Waals surface area contributed by atoms with E-state index in [1.54, 1.807) is 0 Å². The van der Waals surface area contributed by atoms with Gasteiger partial charge in [0.25, 0.3) is 0 Å². The Bertz CT molecular complexity index is 1720. The van der Waals surface area contributed by atoms with E-state index in [-0.39, 0.29) is 0 Å². The maximum atomic E-state index is 4.79. The fourth-order valence-corrected chi connectivity index (χ4v) is 6.55. The van der Waals surface area contributed by atoms with Crippen LogP contribution in [0.25, 0.3) is 17.1 Å². The average Bonchev–Trinajstić information content (AvgIpc) is 3.79. The van der Waals surface area contributed by atoms with E-state index in [0.29, 0.717) is 0 Å². The molecule has 7 heteroatoms. The molecule has 0 spiro atoms. The smallest absolute Gasteiger partial charge is 0.114 e. The first-order valence-corrected chi connectivity index (χ1v) is 16.3. The largest absolute Gasteiger partial charge is 0.303 e. The quantitative estimate of drug-likeness (QED) is 0.145. The van der Waals surface area contributed by atoms with Gasteiger partial charge in [-0.3, -0.25) is 0 Å². The first-order chi connectivity index (χ1) is 22.3. The van der Waals surface area contributed by atoms with Gasteiger partial charge < -0.3 is 18.6 Å². The highest BCUT2D eigenvalue weighted by Crippen LogP contribution is 2.21. The van der Waals surface area contributed by atoms with E-state index >= 15 is 0 Å². The van der Waals surface area contributed by atoms with Crippen molar-refractivity contribution in [3.63, 3.8) is 0 Å². The van der Waals surface area contributed by atoms with Gasteiger partial charge in [0.1, 0.15) is 17.5 Å². The molecule has 6 rings (SSSR count). The molecule has 7 nitrogen and oxygen atoms in total. The Morgan fingerprint density at radius 2 is 0.761 bits per heavy atom. The second kappa shape index (κ2) is 13.7. The van der Waals surface area contributed by atoms with Crippen LogP contribution in [0.1, 0.15) is 50.9 Å². The first-order valence-electron chi connectivity index (χ1n) is 16.3. The lowest BCUT2D eigenvalue weighted by molar-refractivity contribution is 0.277. The zero-order chi connectivity index (χ0) is 32.2. The molecule has 0 bridgehead atoms. The number of rotatable bonds is 12. The third kappa shape index (κ3) is 6.90.